The van der Waals surface area contributed by atoms with Crippen molar-refractivity contribution in [1.82, 2.24) is 9.91 Å². The van der Waals surface area contributed by atoms with E-state index in [0.29, 0.717) is 10.8 Å². The lowest BCUT2D eigenvalue weighted by Gasteiger charge is -2.32. The minimum atomic E-state index is -0.951. The topological polar surface area (TPSA) is 97.5 Å². The van der Waals surface area contributed by atoms with Crippen molar-refractivity contribution in [2.24, 2.45) is 10.8 Å². The maximum absolute atomic E-state index is 13.0. The summed E-state index contributed by atoms with van der Waals surface area (Å²) in [5.74, 6) is 6.84. The van der Waals surface area contributed by atoms with Crippen molar-refractivity contribution in [2.75, 3.05) is 18.3 Å². The zero-order valence-corrected chi connectivity index (χ0v) is 21.2. The third-order valence-corrected chi connectivity index (χ3v) is 4.06. The van der Waals surface area contributed by atoms with E-state index < -0.39 is 23.4 Å². The number of nitrogens with zero attached hydrogens (tertiary/aromatic N) is 3. The van der Waals surface area contributed by atoms with Gasteiger partial charge in [-0.25, -0.2) is 20.4 Å². The number of rotatable bonds is 6. The smallest absolute Gasteiger partial charge is 0.427 e. The lowest BCUT2D eigenvalue weighted by molar-refractivity contribution is 0.0122. The van der Waals surface area contributed by atoms with Crippen molar-refractivity contribution < 1.29 is 19.1 Å². The zero-order valence-electron chi connectivity index (χ0n) is 19.7. The number of guanidine groups is 1. The molecule has 0 aromatic heterocycles. The molecule has 1 aromatic rings. The van der Waals surface area contributed by atoms with Gasteiger partial charge >= 0.3 is 12.2 Å². The number of carbonyl (C=O) groups is 2. The number of hydrazine groups is 1. The Balaban J connectivity index is 3.28. The number of imide groups is 1. The van der Waals surface area contributed by atoms with Crippen LogP contribution in [0.1, 0.15) is 52.7 Å². The molecular formula is C22H34Cl2N4O4. The van der Waals surface area contributed by atoms with Gasteiger partial charge in [0.2, 0.25) is 5.96 Å². The SMILES string of the molecule is CC(C)(C)OC(=O)N(C(=O)OC(C)(C)C)C(=NCCCl)N(N)Cc1ccc(CCCl)cc1. The van der Waals surface area contributed by atoms with Gasteiger partial charge in [0.05, 0.1) is 13.1 Å². The molecule has 0 fully saturated rings. The first-order chi connectivity index (χ1) is 14.8. The molecule has 180 valence electrons. The van der Waals surface area contributed by atoms with Gasteiger partial charge in [-0.3, -0.25) is 5.01 Å². The molecule has 1 aromatic carbocycles. The van der Waals surface area contributed by atoms with E-state index in [4.69, 9.17) is 38.5 Å². The number of ether oxygens (including phenoxy) is 2. The molecule has 0 saturated carbocycles. The van der Waals surface area contributed by atoms with Crippen molar-refractivity contribution in [3.05, 3.63) is 35.4 Å². The molecule has 0 aliphatic carbocycles. The molecule has 0 spiro atoms. The number of aryl methyl sites for hydroxylation is 1. The summed E-state index contributed by atoms with van der Waals surface area (Å²) in [4.78, 5) is 30.9. The highest BCUT2D eigenvalue weighted by atomic mass is 35.5. The van der Waals surface area contributed by atoms with E-state index in [-0.39, 0.29) is 24.9 Å². The Morgan fingerprint density at radius 2 is 1.38 bits per heavy atom. The average Bonchev–Trinajstić information content (AvgIpc) is 2.63. The highest BCUT2D eigenvalue weighted by Crippen LogP contribution is 2.17. The van der Waals surface area contributed by atoms with Gasteiger partial charge in [-0.1, -0.05) is 24.3 Å². The molecule has 2 amide bonds. The predicted octanol–water partition coefficient (Wildman–Crippen LogP) is 4.91. The van der Waals surface area contributed by atoms with Crippen LogP contribution in [0.3, 0.4) is 0 Å². The lowest BCUT2D eigenvalue weighted by Crippen LogP contribution is -2.55. The molecule has 10 heteroatoms. The third kappa shape index (κ3) is 10.1. The fraction of sp³-hybridized carbons (Fsp3) is 0.591. The highest BCUT2D eigenvalue weighted by molar-refractivity contribution is 6.18. The van der Waals surface area contributed by atoms with E-state index >= 15 is 0 Å². The molecule has 0 aliphatic rings. The van der Waals surface area contributed by atoms with Crippen LogP contribution >= 0.6 is 23.2 Å². The molecule has 0 saturated heterocycles. The molecule has 0 aliphatic heterocycles. The largest absolute Gasteiger partial charge is 0.443 e. The van der Waals surface area contributed by atoms with Gasteiger partial charge in [0, 0.05) is 11.8 Å². The minimum absolute atomic E-state index is 0.126. The number of alkyl halides is 2. The maximum Gasteiger partial charge on any atom is 0.427 e. The quantitative estimate of drug-likeness (QED) is 0.201. The first kappa shape index (κ1) is 28.0. The summed E-state index contributed by atoms with van der Waals surface area (Å²) in [6, 6.07) is 7.68. The number of hydrogen-bond donors (Lipinski definition) is 1. The van der Waals surface area contributed by atoms with E-state index in [9.17, 15) is 9.59 Å². The number of nitrogens with two attached hydrogens (primary N) is 1. The summed E-state index contributed by atoms with van der Waals surface area (Å²) in [6.07, 6.45) is -1.15. The monoisotopic (exact) mass is 488 g/mol. The Morgan fingerprint density at radius 3 is 1.78 bits per heavy atom. The van der Waals surface area contributed by atoms with Crippen LogP contribution in [-0.4, -0.2) is 57.6 Å². The van der Waals surface area contributed by atoms with Crippen LogP contribution in [0.4, 0.5) is 9.59 Å². The normalized spacial score (nSPS) is 12.3. The molecule has 0 unspecified atom stereocenters. The Hall–Kier alpha value is -2.03. The molecule has 0 radical (unpaired) electrons. The van der Waals surface area contributed by atoms with E-state index in [1.807, 2.05) is 24.3 Å². The third-order valence-electron chi connectivity index (χ3n) is 3.71. The second-order valence-corrected chi connectivity index (χ2v) is 9.81. The number of halogens is 2. The minimum Gasteiger partial charge on any atom is -0.443 e. The summed E-state index contributed by atoms with van der Waals surface area (Å²) >= 11 is 11.6. The molecule has 32 heavy (non-hydrogen) atoms. The number of amides is 2. The van der Waals surface area contributed by atoms with Crippen LogP contribution in [0.5, 0.6) is 0 Å². The molecule has 8 nitrogen and oxygen atoms in total. The van der Waals surface area contributed by atoms with Crippen molar-refractivity contribution in [1.29, 1.82) is 0 Å². The Morgan fingerprint density at radius 1 is 0.906 bits per heavy atom. The van der Waals surface area contributed by atoms with Gasteiger partial charge in [0.25, 0.3) is 0 Å². The lowest BCUT2D eigenvalue weighted by atomic mass is 10.1. The Bertz CT molecular complexity index is 759. The van der Waals surface area contributed by atoms with Gasteiger partial charge in [-0.05, 0) is 59.1 Å². The predicted molar refractivity (Wildman–Crippen MR) is 128 cm³/mol. The van der Waals surface area contributed by atoms with Crippen LogP contribution in [-0.2, 0) is 22.4 Å². The first-order valence-corrected chi connectivity index (χ1v) is 11.4. The molecule has 0 bridgehead atoms. The fourth-order valence-electron chi connectivity index (χ4n) is 2.47. The second-order valence-electron chi connectivity index (χ2n) is 9.05. The van der Waals surface area contributed by atoms with E-state index in [2.05, 4.69) is 4.99 Å². The molecule has 2 N–H and O–H groups in total. The van der Waals surface area contributed by atoms with Gasteiger partial charge in [0.15, 0.2) is 0 Å². The van der Waals surface area contributed by atoms with Crippen molar-refractivity contribution in [2.45, 2.75) is 65.7 Å². The molecule has 1 rings (SSSR count). The van der Waals surface area contributed by atoms with Gasteiger partial charge in [-0.2, -0.15) is 0 Å². The van der Waals surface area contributed by atoms with Crippen LogP contribution < -0.4 is 5.84 Å². The number of benzene rings is 1. The van der Waals surface area contributed by atoms with Crippen LogP contribution in [0, 0.1) is 0 Å². The van der Waals surface area contributed by atoms with Crippen molar-refractivity contribution in [3.63, 3.8) is 0 Å². The second kappa shape index (κ2) is 12.3. The first-order valence-electron chi connectivity index (χ1n) is 10.3. The average molecular weight is 489 g/mol. The van der Waals surface area contributed by atoms with Crippen molar-refractivity contribution in [3.8, 4) is 0 Å². The molecular weight excluding hydrogens is 455 g/mol. The summed E-state index contributed by atoms with van der Waals surface area (Å²) in [7, 11) is 0. The fourth-order valence-corrected chi connectivity index (χ4v) is 2.78. The standard InChI is InChI=1S/C22H34Cl2N4O4/c1-21(2,3)31-19(29)28(20(30)32-22(4,5)6)18(26-14-13-24)27(25)15-17-9-7-16(8-10-17)11-12-23/h7-10H,11-15,25H2,1-6H3. The van der Waals surface area contributed by atoms with Gasteiger partial charge < -0.3 is 9.47 Å². The van der Waals surface area contributed by atoms with Crippen LogP contribution in [0.15, 0.2) is 29.3 Å². The summed E-state index contributed by atoms with van der Waals surface area (Å²) < 4.78 is 10.8. The van der Waals surface area contributed by atoms with Crippen molar-refractivity contribution >= 4 is 41.3 Å². The van der Waals surface area contributed by atoms with Gasteiger partial charge in [0.1, 0.15) is 11.2 Å². The van der Waals surface area contributed by atoms with E-state index in [0.717, 1.165) is 17.5 Å². The summed E-state index contributed by atoms with van der Waals surface area (Å²) in [5.41, 5.74) is 0.226. The van der Waals surface area contributed by atoms with Crippen LogP contribution in [0.25, 0.3) is 0 Å². The Labute approximate surface area is 200 Å². The number of aliphatic imine (C=N–C) groups is 1. The molecule has 0 atom stereocenters. The number of carbonyl (C=O) groups excluding carboxylic acids is 2. The maximum atomic E-state index is 13.0. The summed E-state index contributed by atoms with van der Waals surface area (Å²) in [5, 5.41) is 1.19. The Kier molecular flexibility index (Phi) is 10.7. The van der Waals surface area contributed by atoms with Gasteiger partial charge in [-0.15, -0.1) is 28.1 Å². The van der Waals surface area contributed by atoms with E-state index in [1.165, 1.54) is 5.01 Å². The zero-order chi connectivity index (χ0) is 24.5. The summed E-state index contributed by atoms with van der Waals surface area (Å²) in [6.45, 7) is 10.4. The van der Waals surface area contributed by atoms with Crippen LogP contribution in [0.2, 0.25) is 0 Å². The highest BCUT2D eigenvalue weighted by Gasteiger charge is 2.37. The van der Waals surface area contributed by atoms with E-state index in [1.54, 1.807) is 41.5 Å². The molecule has 0 heterocycles. The number of hydrogen-bond acceptors (Lipinski definition) is 6.